The lowest BCUT2D eigenvalue weighted by atomic mass is 9.68. The van der Waals surface area contributed by atoms with E-state index in [9.17, 15) is 0 Å². The van der Waals surface area contributed by atoms with Gasteiger partial charge in [0.2, 0.25) is 0 Å². The van der Waals surface area contributed by atoms with Crippen LogP contribution in [-0.2, 0) is 5.41 Å². The molecule has 2 aliphatic rings. The highest BCUT2D eigenvalue weighted by molar-refractivity contribution is 8.93. The molecule has 1 heterocycles. The Morgan fingerprint density at radius 2 is 1.86 bits per heavy atom. The van der Waals surface area contributed by atoms with Crippen LogP contribution in [0.1, 0.15) is 32.3 Å². The molecule has 2 heteroatoms. The van der Waals surface area contributed by atoms with Crippen LogP contribution in [0.15, 0.2) is 48.0 Å². The van der Waals surface area contributed by atoms with Gasteiger partial charge in [-0.1, -0.05) is 48.0 Å². The summed E-state index contributed by atoms with van der Waals surface area (Å²) in [4.78, 5) is 2.48. The summed E-state index contributed by atoms with van der Waals surface area (Å²) in [6.07, 6.45) is 4.96. The highest BCUT2D eigenvalue weighted by Crippen LogP contribution is 2.53. The Hall–Kier alpha value is -1.28. The van der Waals surface area contributed by atoms with E-state index in [4.69, 9.17) is 0 Å². The van der Waals surface area contributed by atoms with E-state index in [1.807, 2.05) is 0 Å². The maximum atomic E-state index is 2.48. The van der Waals surface area contributed by atoms with Gasteiger partial charge in [0.15, 0.2) is 0 Å². The normalized spacial score (nSPS) is 26.9. The monoisotopic (exact) mass is 343 g/mol. The van der Waals surface area contributed by atoms with Crippen LogP contribution in [0.4, 0.5) is 5.69 Å². The number of anilines is 1. The molecule has 2 unspecified atom stereocenters. The van der Waals surface area contributed by atoms with E-state index in [0.717, 1.165) is 0 Å². The van der Waals surface area contributed by atoms with Crippen molar-refractivity contribution in [2.24, 2.45) is 0 Å². The van der Waals surface area contributed by atoms with Crippen LogP contribution < -0.4 is 4.90 Å². The smallest absolute Gasteiger partial charge is 0.0488 e. The quantitative estimate of drug-likeness (QED) is 0.640. The number of benzene rings is 2. The number of allylic oxidation sites excluding steroid dienone is 1. The molecule has 0 saturated carbocycles. The second-order valence-electron chi connectivity index (χ2n) is 6.44. The summed E-state index contributed by atoms with van der Waals surface area (Å²) in [5.74, 6) is 0. The van der Waals surface area contributed by atoms with E-state index in [2.05, 4.69) is 68.3 Å². The van der Waals surface area contributed by atoms with Gasteiger partial charge in [0.05, 0.1) is 0 Å². The number of rotatable bonds is 1. The molecule has 2 aromatic rings. The van der Waals surface area contributed by atoms with Crippen molar-refractivity contribution in [3.05, 3.63) is 53.6 Å². The van der Waals surface area contributed by atoms with Crippen LogP contribution in [-0.4, -0.2) is 13.1 Å². The lowest BCUT2D eigenvalue weighted by molar-refractivity contribution is 0.449. The van der Waals surface area contributed by atoms with E-state index in [0.29, 0.717) is 6.04 Å². The third kappa shape index (κ3) is 1.75. The molecular formula is C19H22BrN. The van der Waals surface area contributed by atoms with Gasteiger partial charge in [0.1, 0.15) is 0 Å². The Bertz CT molecular complexity index is 733. The first-order valence-corrected chi connectivity index (χ1v) is 7.58. The molecule has 0 amide bonds. The van der Waals surface area contributed by atoms with Crippen molar-refractivity contribution in [3.8, 4) is 0 Å². The standard InChI is InChI=1S/C19H21N.BrH/c1-13-19(2,15-8-6-9-15)17-12-11-14-7-4-5-10-16(14)18(17)20(13)3;/h4-5,7-8,10-13H,6,9H2,1-3H3;1H. The Kier molecular flexibility index (Phi) is 3.40. The summed E-state index contributed by atoms with van der Waals surface area (Å²) in [7, 11) is 2.25. The zero-order valence-electron chi connectivity index (χ0n) is 12.9. The van der Waals surface area contributed by atoms with Gasteiger partial charge in [-0.25, -0.2) is 0 Å². The van der Waals surface area contributed by atoms with Gasteiger partial charge in [-0.2, -0.15) is 0 Å². The molecule has 0 N–H and O–H groups in total. The summed E-state index contributed by atoms with van der Waals surface area (Å²) in [5.41, 5.74) is 4.76. The SMILES string of the molecule is Br.CC1N(C)c2c(ccc3ccccc23)C1(C)C1=CCC1. The fourth-order valence-corrected chi connectivity index (χ4v) is 4.06. The average molecular weight is 344 g/mol. The molecule has 0 radical (unpaired) electrons. The molecule has 4 rings (SSSR count). The zero-order chi connectivity index (χ0) is 13.9. The molecular weight excluding hydrogens is 322 g/mol. The first-order chi connectivity index (χ1) is 9.64. The van der Waals surface area contributed by atoms with Crippen molar-refractivity contribution in [2.75, 3.05) is 11.9 Å². The molecule has 1 aliphatic heterocycles. The van der Waals surface area contributed by atoms with Crippen molar-refractivity contribution < 1.29 is 0 Å². The molecule has 0 fully saturated rings. The number of halogens is 1. The van der Waals surface area contributed by atoms with Gasteiger partial charge < -0.3 is 4.90 Å². The zero-order valence-corrected chi connectivity index (χ0v) is 14.6. The number of nitrogens with zero attached hydrogens (tertiary/aromatic N) is 1. The predicted molar refractivity (Wildman–Crippen MR) is 96.8 cm³/mol. The number of hydrogen-bond acceptors (Lipinski definition) is 1. The first-order valence-electron chi connectivity index (χ1n) is 7.58. The first kappa shape index (κ1) is 14.6. The summed E-state index contributed by atoms with van der Waals surface area (Å²) >= 11 is 0. The van der Waals surface area contributed by atoms with Crippen molar-refractivity contribution >= 4 is 33.4 Å². The molecule has 1 aliphatic carbocycles. The Balaban J connectivity index is 0.00000132. The van der Waals surface area contributed by atoms with Crippen LogP contribution in [0, 0.1) is 0 Å². The van der Waals surface area contributed by atoms with Crippen molar-refractivity contribution in [2.45, 2.75) is 38.1 Å². The third-order valence-electron chi connectivity index (χ3n) is 5.70. The van der Waals surface area contributed by atoms with Gasteiger partial charge in [-0.3, -0.25) is 0 Å². The van der Waals surface area contributed by atoms with Crippen molar-refractivity contribution in [1.82, 2.24) is 0 Å². The average Bonchev–Trinajstić information content (AvgIpc) is 2.60. The van der Waals surface area contributed by atoms with E-state index >= 15 is 0 Å². The van der Waals surface area contributed by atoms with Gasteiger partial charge in [0, 0.05) is 29.6 Å². The Labute approximate surface area is 137 Å². The fraction of sp³-hybridized carbons (Fsp3) is 0.368. The highest BCUT2D eigenvalue weighted by Gasteiger charge is 2.47. The minimum absolute atomic E-state index is 0. The van der Waals surface area contributed by atoms with Gasteiger partial charge in [0.25, 0.3) is 0 Å². The second-order valence-corrected chi connectivity index (χ2v) is 6.44. The largest absolute Gasteiger partial charge is 0.370 e. The van der Waals surface area contributed by atoms with Crippen molar-refractivity contribution in [3.63, 3.8) is 0 Å². The molecule has 1 nitrogen and oxygen atoms in total. The van der Waals surface area contributed by atoms with Crippen molar-refractivity contribution in [1.29, 1.82) is 0 Å². The maximum Gasteiger partial charge on any atom is 0.0488 e. The summed E-state index contributed by atoms with van der Waals surface area (Å²) in [6.45, 7) is 4.80. The fourth-order valence-electron chi connectivity index (χ4n) is 4.06. The lowest BCUT2D eigenvalue weighted by Gasteiger charge is -2.38. The third-order valence-corrected chi connectivity index (χ3v) is 5.70. The summed E-state index contributed by atoms with van der Waals surface area (Å²) in [5, 5.41) is 2.74. The Morgan fingerprint density at radius 1 is 1.14 bits per heavy atom. The van der Waals surface area contributed by atoms with Crippen LogP contribution in [0.2, 0.25) is 0 Å². The summed E-state index contributed by atoms with van der Waals surface area (Å²) < 4.78 is 0. The number of likely N-dealkylation sites (N-methyl/N-ethyl adjacent to an activating group) is 1. The number of fused-ring (bicyclic) bond motifs is 3. The van der Waals surface area contributed by atoms with E-state index in [1.54, 1.807) is 5.57 Å². The van der Waals surface area contributed by atoms with Gasteiger partial charge in [-0.05, 0) is 37.6 Å². The minimum atomic E-state index is 0. The molecule has 110 valence electrons. The number of hydrogen-bond donors (Lipinski definition) is 0. The molecule has 2 aromatic carbocycles. The van der Waals surface area contributed by atoms with Gasteiger partial charge in [-0.15, -0.1) is 17.0 Å². The van der Waals surface area contributed by atoms with Crippen LogP contribution in [0.5, 0.6) is 0 Å². The van der Waals surface area contributed by atoms with E-state index in [-0.39, 0.29) is 22.4 Å². The minimum Gasteiger partial charge on any atom is -0.370 e. The molecule has 21 heavy (non-hydrogen) atoms. The van der Waals surface area contributed by atoms with Crippen LogP contribution in [0.3, 0.4) is 0 Å². The predicted octanol–water partition coefficient (Wildman–Crippen LogP) is 5.23. The van der Waals surface area contributed by atoms with Crippen LogP contribution in [0.25, 0.3) is 10.8 Å². The van der Waals surface area contributed by atoms with E-state index in [1.165, 1.54) is 34.9 Å². The van der Waals surface area contributed by atoms with Gasteiger partial charge >= 0.3 is 0 Å². The molecule has 2 atom stereocenters. The lowest BCUT2D eigenvalue weighted by Crippen LogP contribution is -2.41. The van der Waals surface area contributed by atoms with E-state index < -0.39 is 0 Å². The maximum absolute atomic E-state index is 2.48. The molecule has 0 spiro atoms. The molecule has 0 aromatic heterocycles. The Morgan fingerprint density at radius 3 is 2.52 bits per heavy atom. The topological polar surface area (TPSA) is 3.24 Å². The summed E-state index contributed by atoms with van der Waals surface area (Å²) in [6, 6.07) is 13.9. The van der Waals surface area contributed by atoms with Crippen LogP contribution >= 0.6 is 17.0 Å². The molecule has 0 saturated heterocycles. The highest BCUT2D eigenvalue weighted by atomic mass is 79.9. The second kappa shape index (κ2) is 4.88. The molecule has 0 bridgehead atoms.